The number of fused-ring (bicyclic) bond motifs is 3. The van der Waals surface area contributed by atoms with Crippen molar-refractivity contribution in [3.05, 3.63) is 59.7 Å². The van der Waals surface area contributed by atoms with E-state index >= 15 is 0 Å². The molecular weight excluding hydrogens is 456 g/mol. The molecule has 0 aliphatic heterocycles. The summed E-state index contributed by atoms with van der Waals surface area (Å²) >= 11 is 1.49. The maximum Gasteiger partial charge on any atom is 0.408 e. The third-order valence-electron chi connectivity index (χ3n) is 5.81. The average Bonchev–Trinajstić information content (AvgIpc) is 3.13. The van der Waals surface area contributed by atoms with Gasteiger partial charge >= 0.3 is 12.1 Å². The topological polar surface area (TPSA) is 105 Å². The van der Waals surface area contributed by atoms with Crippen molar-refractivity contribution in [2.45, 2.75) is 18.4 Å². The lowest BCUT2D eigenvalue weighted by molar-refractivity contribution is -0.148. The highest BCUT2D eigenvalue weighted by atomic mass is 32.2. The smallest absolute Gasteiger partial charge is 0.408 e. The van der Waals surface area contributed by atoms with E-state index in [9.17, 15) is 19.5 Å². The number of rotatable bonds is 11. The first-order valence-corrected chi connectivity index (χ1v) is 12.3. The van der Waals surface area contributed by atoms with Crippen LogP contribution in [-0.2, 0) is 19.1 Å². The van der Waals surface area contributed by atoms with Crippen LogP contribution in [0.25, 0.3) is 11.1 Å². The maximum atomic E-state index is 13.2. The summed E-state index contributed by atoms with van der Waals surface area (Å²) in [4.78, 5) is 38.5. The normalized spacial score (nSPS) is 14.0. The zero-order chi connectivity index (χ0) is 24.7. The third-order valence-corrected chi connectivity index (χ3v) is 6.40. The predicted octanol–water partition coefficient (Wildman–Crippen LogP) is 3.21. The van der Waals surface area contributed by atoms with Gasteiger partial charge in [0.15, 0.2) is 0 Å². The molecule has 9 heteroatoms. The van der Waals surface area contributed by atoms with Crippen molar-refractivity contribution in [2.24, 2.45) is 0 Å². The summed E-state index contributed by atoms with van der Waals surface area (Å²) in [7, 11) is 1.41. The van der Waals surface area contributed by atoms with Crippen LogP contribution in [-0.4, -0.2) is 78.9 Å². The van der Waals surface area contributed by atoms with Crippen molar-refractivity contribution in [3.63, 3.8) is 0 Å². The van der Waals surface area contributed by atoms with Gasteiger partial charge in [-0.3, -0.25) is 9.59 Å². The summed E-state index contributed by atoms with van der Waals surface area (Å²) in [6.07, 6.45) is 1.10. The van der Waals surface area contributed by atoms with Gasteiger partial charge in [-0.1, -0.05) is 48.5 Å². The van der Waals surface area contributed by atoms with Gasteiger partial charge in [-0.05, 0) is 35.4 Å². The molecule has 2 aromatic carbocycles. The molecule has 0 saturated carbocycles. The van der Waals surface area contributed by atoms with Gasteiger partial charge in [0.2, 0.25) is 0 Å². The molecule has 2 amide bonds. The van der Waals surface area contributed by atoms with Crippen LogP contribution in [0.1, 0.15) is 24.0 Å². The standard InChI is InChI=1S/C25H30N2O6S/c1-25(16-32-2,23(30)27(12-13-34-3)14-22(28)29)26-24(31)33-15-21-19-10-6-4-8-17(19)18-9-5-7-11-20(18)21/h4-11,21H,12-16H2,1-3H3,(H,26,31)(H,28,29). The number of methoxy groups -OCH3 is 1. The fourth-order valence-electron chi connectivity index (χ4n) is 4.27. The predicted molar refractivity (Wildman–Crippen MR) is 131 cm³/mol. The molecular formula is C25H30N2O6S. The lowest BCUT2D eigenvalue weighted by Crippen LogP contribution is -2.61. The number of nitrogens with zero attached hydrogens (tertiary/aromatic N) is 1. The van der Waals surface area contributed by atoms with Crippen molar-refractivity contribution in [1.82, 2.24) is 10.2 Å². The van der Waals surface area contributed by atoms with Crippen molar-refractivity contribution in [2.75, 3.05) is 45.4 Å². The van der Waals surface area contributed by atoms with Crippen LogP contribution in [0.5, 0.6) is 0 Å². The van der Waals surface area contributed by atoms with Crippen LogP contribution in [0.4, 0.5) is 4.79 Å². The van der Waals surface area contributed by atoms with E-state index < -0.39 is 30.1 Å². The Morgan fingerprint density at radius 1 is 1.09 bits per heavy atom. The molecule has 1 unspecified atom stereocenters. The van der Waals surface area contributed by atoms with Gasteiger partial charge in [-0.25, -0.2) is 4.79 Å². The number of aliphatic carboxylic acids is 1. The minimum Gasteiger partial charge on any atom is -0.480 e. The second-order valence-corrected chi connectivity index (χ2v) is 9.31. The number of hydrogen-bond acceptors (Lipinski definition) is 6. The molecule has 2 N–H and O–H groups in total. The molecule has 0 fully saturated rings. The first-order chi connectivity index (χ1) is 16.3. The van der Waals surface area contributed by atoms with Gasteiger partial charge in [0.05, 0.1) is 6.61 Å². The Kier molecular flexibility index (Phi) is 8.57. The molecule has 1 atom stereocenters. The molecule has 0 spiro atoms. The maximum absolute atomic E-state index is 13.2. The number of thioether (sulfide) groups is 1. The number of hydrogen-bond donors (Lipinski definition) is 2. The molecule has 0 heterocycles. The Balaban J connectivity index is 1.72. The van der Waals surface area contributed by atoms with E-state index in [1.807, 2.05) is 54.8 Å². The molecule has 3 rings (SSSR count). The van der Waals surface area contributed by atoms with Crippen LogP contribution in [0.3, 0.4) is 0 Å². The number of ether oxygens (including phenoxy) is 2. The minimum atomic E-state index is -1.48. The van der Waals surface area contributed by atoms with E-state index in [4.69, 9.17) is 9.47 Å². The molecule has 0 saturated heterocycles. The molecule has 0 bridgehead atoms. The number of amides is 2. The summed E-state index contributed by atoms with van der Waals surface area (Å²) in [5.41, 5.74) is 2.91. The van der Waals surface area contributed by atoms with E-state index in [1.165, 1.54) is 30.7 Å². The fraction of sp³-hybridized carbons (Fsp3) is 0.400. The van der Waals surface area contributed by atoms with E-state index in [1.54, 1.807) is 0 Å². The Morgan fingerprint density at radius 2 is 1.68 bits per heavy atom. The van der Waals surface area contributed by atoms with E-state index in [0.29, 0.717) is 5.75 Å². The largest absolute Gasteiger partial charge is 0.480 e. The summed E-state index contributed by atoms with van der Waals surface area (Å²) in [6, 6.07) is 16.0. The molecule has 34 heavy (non-hydrogen) atoms. The lowest BCUT2D eigenvalue weighted by atomic mass is 9.98. The second kappa shape index (κ2) is 11.4. The summed E-state index contributed by atoms with van der Waals surface area (Å²) in [5, 5.41) is 11.9. The van der Waals surface area contributed by atoms with Gasteiger partial charge in [-0.15, -0.1) is 0 Å². The Labute approximate surface area is 203 Å². The van der Waals surface area contributed by atoms with Crippen molar-refractivity contribution < 1.29 is 29.0 Å². The Morgan fingerprint density at radius 3 is 2.21 bits per heavy atom. The zero-order valence-electron chi connectivity index (χ0n) is 19.6. The molecule has 182 valence electrons. The van der Waals surface area contributed by atoms with Gasteiger partial charge in [-0.2, -0.15) is 11.8 Å². The quantitative estimate of drug-likeness (QED) is 0.502. The third kappa shape index (κ3) is 5.71. The van der Waals surface area contributed by atoms with Crippen LogP contribution in [0.2, 0.25) is 0 Å². The first-order valence-electron chi connectivity index (χ1n) is 10.9. The second-order valence-electron chi connectivity index (χ2n) is 8.33. The molecule has 1 aliphatic carbocycles. The van der Waals surface area contributed by atoms with Crippen LogP contribution < -0.4 is 5.32 Å². The number of carboxylic acids is 1. The van der Waals surface area contributed by atoms with Crippen LogP contribution in [0, 0.1) is 0 Å². The molecule has 8 nitrogen and oxygen atoms in total. The van der Waals surface area contributed by atoms with Crippen molar-refractivity contribution >= 4 is 29.7 Å². The number of carbonyl (C=O) groups excluding carboxylic acids is 2. The monoisotopic (exact) mass is 486 g/mol. The molecule has 1 aliphatic rings. The average molecular weight is 487 g/mol. The van der Waals surface area contributed by atoms with Gasteiger partial charge in [0, 0.05) is 25.3 Å². The van der Waals surface area contributed by atoms with E-state index in [2.05, 4.69) is 5.32 Å². The first kappa shape index (κ1) is 25.6. The number of benzene rings is 2. The van der Waals surface area contributed by atoms with Crippen LogP contribution in [0.15, 0.2) is 48.5 Å². The van der Waals surface area contributed by atoms with Crippen LogP contribution >= 0.6 is 11.8 Å². The summed E-state index contributed by atoms with van der Waals surface area (Å²) in [5.74, 6) is -1.23. The minimum absolute atomic E-state index is 0.0996. The van der Waals surface area contributed by atoms with E-state index in [-0.39, 0.29) is 25.7 Å². The Hall–Kier alpha value is -3.04. The highest BCUT2D eigenvalue weighted by Gasteiger charge is 2.40. The number of nitrogens with one attached hydrogen (secondary N) is 1. The highest BCUT2D eigenvalue weighted by molar-refractivity contribution is 7.98. The summed E-state index contributed by atoms with van der Waals surface area (Å²) < 4.78 is 10.8. The van der Waals surface area contributed by atoms with Gasteiger partial charge in [0.25, 0.3) is 5.91 Å². The number of carboxylic acid groups (broad SMARTS) is 1. The molecule has 0 radical (unpaired) electrons. The highest BCUT2D eigenvalue weighted by Crippen LogP contribution is 2.44. The Bertz CT molecular complexity index is 1000. The lowest BCUT2D eigenvalue weighted by Gasteiger charge is -2.33. The van der Waals surface area contributed by atoms with Gasteiger partial charge < -0.3 is 24.8 Å². The molecule has 0 aromatic heterocycles. The zero-order valence-corrected chi connectivity index (χ0v) is 20.4. The number of carbonyl (C=O) groups is 3. The molecule has 2 aromatic rings. The summed E-state index contributed by atoms with van der Waals surface area (Å²) in [6.45, 7) is 1.24. The fourth-order valence-corrected chi connectivity index (χ4v) is 4.67. The number of alkyl carbamates (subject to hydrolysis) is 1. The SMILES string of the molecule is COCC(C)(NC(=O)OCC1c2ccccc2-c2ccccc21)C(=O)N(CCSC)CC(=O)O. The van der Waals surface area contributed by atoms with Gasteiger partial charge in [0.1, 0.15) is 18.7 Å². The van der Waals surface area contributed by atoms with Crippen molar-refractivity contribution in [1.29, 1.82) is 0 Å². The van der Waals surface area contributed by atoms with Crippen molar-refractivity contribution in [3.8, 4) is 11.1 Å². The van der Waals surface area contributed by atoms with E-state index in [0.717, 1.165) is 22.3 Å².